The van der Waals surface area contributed by atoms with Crippen LogP contribution in [0, 0.1) is 12.7 Å². The molecule has 0 bridgehead atoms. The number of rotatable bonds is 5. The van der Waals surface area contributed by atoms with E-state index in [2.05, 4.69) is 20.2 Å². The number of ether oxygens (including phenoxy) is 2. The van der Waals surface area contributed by atoms with Crippen LogP contribution in [0.25, 0.3) is 17.2 Å². The first-order valence-electron chi connectivity index (χ1n) is 7.76. The van der Waals surface area contributed by atoms with Gasteiger partial charge in [0.15, 0.2) is 17.9 Å². The van der Waals surface area contributed by atoms with E-state index in [1.165, 1.54) is 19.2 Å². The molecule has 0 aliphatic carbocycles. The van der Waals surface area contributed by atoms with Crippen molar-refractivity contribution in [2.75, 3.05) is 7.11 Å². The lowest BCUT2D eigenvalue weighted by molar-refractivity contribution is 0.285. The van der Waals surface area contributed by atoms with Crippen LogP contribution in [0.2, 0.25) is 0 Å². The quantitative estimate of drug-likeness (QED) is 0.544. The lowest BCUT2D eigenvalue weighted by Gasteiger charge is -2.02. The van der Waals surface area contributed by atoms with Crippen LogP contribution in [0.4, 0.5) is 4.39 Å². The Bertz CT molecular complexity index is 1080. The van der Waals surface area contributed by atoms with Gasteiger partial charge in [-0.25, -0.2) is 13.9 Å². The van der Waals surface area contributed by atoms with Gasteiger partial charge in [-0.1, -0.05) is 11.2 Å². The predicted octanol–water partition coefficient (Wildman–Crippen LogP) is 2.81. The molecule has 0 unspecified atom stereocenters. The molecule has 4 rings (SSSR count). The largest absolute Gasteiger partial charge is 0.485 e. The Kier molecular flexibility index (Phi) is 3.96. The molecule has 0 saturated carbocycles. The molecule has 0 saturated heterocycles. The number of aryl methyl sites for hydroxylation is 1. The van der Waals surface area contributed by atoms with Crippen LogP contribution in [0.15, 0.2) is 40.9 Å². The van der Waals surface area contributed by atoms with Crippen LogP contribution < -0.4 is 9.47 Å². The van der Waals surface area contributed by atoms with Crippen molar-refractivity contribution in [2.24, 2.45) is 0 Å². The van der Waals surface area contributed by atoms with Crippen molar-refractivity contribution in [1.29, 1.82) is 0 Å². The number of hydrogen-bond donors (Lipinski definition) is 0. The van der Waals surface area contributed by atoms with Gasteiger partial charge >= 0.3 is 0 Å². The van der Waals surface area contributed by atoms with E-state index in [1.807, 2.05) is 6.92 Å². The summed E-state index contributed by atoms with van der Waals surface area (Å²) < 4.78 is 30.7. The molecule has 0 amide bonds. The molecule has 3 heterocycles. The topological polar surface area (TPSA) is 87.6 Å². The first-order chi connectivity index (χ1) is 12.6. The summed E-state index contributed by atoms with van der Waals surface area (Å²) in [5, 5.41) is 8.23. The smallest absolute Gasteiger partial charge is 0.278 e. The average molecular weight is 355 g/mol. The molecule has 26 heavy (non-hydrogen) atoms. The highest BCUT2D eigenvalue weighted by atomic mass is 19.1. The van der Waals surface area contributed by atoms with Gasteiger partial charge in [0.05, 0.1) is 12.8 Å². The van der Waals surface area contributed by atoms with E-state index < -0.39 is 0 Å². The third-order valence-corrected chi connectivity index (χ3v) is 3.67. The minimum atomic E-state index is -0.377. The van der Waals surface area contributed by atoms with E-state index in [-0.39, 0.29) is 18.3 Å². The maximum absolute atomic E-state index is 13.2. The van der Waals surface area contributed by atoms with Crippen LogP contribution in [-0.4, -0.2) is 31.8 Å². The first kappa shape index (κ1) is 16.0. The minimum absolute atomic E-state index is 0.0412. The Labute approximate surface area is 147 Å². The van der Waals surface area contributed by atoms with E-state index in [1.54, 1.807) is 28.8 Å². The summed E-state index contributed by atoms with van der Waals surface area (Å²) in [4.78, 5) is 8.74. The van der Waals surface area contributed by atoms with Crippen LogP contribution in [-0.2, 0) is 6.61 Å². The molecule has 0 aliphatic rings. The van der Waals surface area contributed by atoms with Gasteiger partial charge in [0.2, 0.25) is 11.7 Å². The van der Waals surface area contributed by atoms with Crippen molar-refractivity contribution in [1.82, 2.24) is 24.7 Å². The second-order valence-corrected chi connectivity index (χ2v) is 5.45. The molecule has 0 spiro atoms. The number of halogens is 1. The van der Waals surface area contributed by atoms with E-state index >= 15 is 0 Å². The molecule has 8 nitrogen and oxygen atoms in total. The van der Waals surface area contributed by atoms with Crippen molar-refractivity contribution < 1.29 is 18.4 Å². The highest BCUT2D eigenvalue weighted by Crippen LogP contribution is 2.24. The Hall–Kier alpha value is -3.49. The highest BCUT2D eigenvalue weighted by Gasteiger charge is 2.19. The SMILES string of the molecule is COc1ccc2nc(C)c(-c3nc(COc4cccc(F)c4)no3)n2n1. The number of benzene rings is 1. The zero-order valence-corrected chi connectivity index (χ0v) is 14.0. The summed E-state index contributed by atoms with van der Waals surface area (Å²) in [6.07, 6.45) is 0. The molecule has 9 heteroatoms. The van der Waals surface area contributed by atoms with Crippen LogP contribution in [0.5, 0.6) is 11.6 Å². The molecule has 0 N–H and O–H groups in total. The molecule has 0 radical (unpaired) electrons. The summed E-state index contributed by atoms with van der Waals surface area (Å²) >= 11 is 0. The van der Waals surface area contributed by atoms with Crippen molar-refractivity contribution >= 4 is 5.65 Å². The lowest BCUT2D eigenvalue weighted by atomic mass is 10.3. The van der Waals surface area contributed by atoms with E-state index in [4.69, 9.17) is 14.0 Å². The van der Waals surface area contributed by atoms with Gasteiger partial charge in [0.1, 0.15) is 11.6 Å². The second kappa shape index (κ2) is 6.43. The van der Waals surface area contributed by atoms with Crippen molar-refractivity contribution in [3.63, 3.8) is 0 Å². The van der Waals surface area contributed by atoms with Crippen LogP contribution >= 0.6 is 0 Å². The standard InChI is InChI=1S/C17H14FN5O3/c1-10-16(23-14(19-10)6-7-15(21-23)24-2)17-20-13(22-26-17)9-25-12-5-3-4-11(18)8-12/h3-8H,9H2,1-2H3. The number of imidazole rings is 1. The third-order valence-electron chi connectivity index (χ3n) is 3.67. The fourth-order valence-electron chi connectivity index (χ4n) is 2.49. The number of methoxy groups -OCH3 is 1. The molecule has 1 aromatic carbocycles. The van der Waals surface area contributed by atoms with E-state index in [0.717, 1.165) is 0 Å². The Balaban J connectivity index is 1.61. The average Bonchev–Trinajstić information content (AvgIpc) is 3.22. The maximum atomic E-state index is 13.2. The molecule has 132 valence electrons. The number of aromatic nitrogens is 5. The molecular weight excluding hydrogens is 341 g/mol. The van der Waals surface area contributed by atoms with Gasteiger partial charge in [0, 0.05) is 12.1 Å². The summed E-state index contributed by atoms with van der Waals surface area (Å²) in [6.45, 7) is 1.86. The highest BCUT2D eigenvalue weighted by molar-refractivity contribution is 5.59. The molecular formula is C17H14FN5O3. The first-order valence-corrected chi connectivity index (χ1v) is 7.76. The fraction of sp³-hybridized carbons (Fsp3) is 0.176. The summed E-state index contributed by atoms with van der Waals surface area (Å²) in [6, 6.07) is 9.34. The molecule has 0 fully saturated rings. The summed E-state index contributed by atoms with van der Waals surface area (Å²) in [7, 11) is 1.53. The van der Waals surface area contributed by atoms with E-state index in [9.17, 15) is 4.39 Å². The molecule has 0 atom stereocenters. The number of fused-ring (bicyclic) bond motifs is 1. The molecule has 3 aromatic heterocycles. The Morgan fingerprint density at radius 3 is 2.88 bits per heavy atom. The maximum Gasteiger partial charge on any atom is 0.278 e. The van der Waals surface area contributed by atoms with Crippen molar-refractivity contribution in [3.05, 3.63) is 53.7 Å². The van der Waals surface area contributed by atoms with Gasteiger partial charge in [-0.3, -0.25) is 0 Å². The van der Waals surface area contributed by atoms with Gasteiger partial charge < -0.3 is 14.0 Å². The summed E-state index contributed by atoms with van der Waals surface area (Å²) in [5.74, 6) is 1.02. The predicted molar refractivity (Wildman–Crippen MR) is 88.3 cm³/mol. The zero-order chi connectivity index (χ0) is 18.1. The molecule has 4 aromatic rings. The third kappa shape index (κ3) is 2.94. The minimum Gasteiger partial charge on any atom is -0.485 e. The number of hydrogen-bond acceptors (Lipinski definition) is 7. The Morgan fingerprint density at radius 2 is 2.08 bits per heavy atom. The van der Waals surface area contributed by atoms with Crippen molar-refractivity contribution in [3.8, 4) is 23.2 Å². The van der Waals surface area contributed by atoms with Crippen molar-refractivity contribution in [2.45, 2.75) is 13.5 Å². The zero-order valence-electron chi connectivity index (χ0n) is 14.0. The Morgan fingerprint density at radius 1 is 1.19 bits per heavy atom. The van der Waals surface area contributed by atoms with Gasteiger partial charge in [0.25, 0.3) is 5.89 Å². The summed E-state index contributed by atoms with van der Waals surface area (Å²) in [5.41, 5.74) is 1.89. The fourth-order valence-corrected chi connectivity index (χ4v) is 2.49. The van der Waals surface area contributed by atoms with Gasteiger partial charge in [-0.05, 0) is 25.1 Å². The van der Waals surface area contributed by atoms with Crippen LogP contribution in [0.1, 0.15) is 11.5 Å². The lowest BCUT2D eigenvalue weighted by Crippen LogP contribution is -1.99. The van der Waals surface area contributed by atoms with Crippen LogP contribution in [0.3, 0.4) is 0 Å². The monoisotopic (exact) mass is 355 g/mol. The van der Waals surface area contributed by atoms with E-state index in [0.29, 0.717) is 34.5 Å². The van der Waals surface area contributed by atoms with Gasteiger partial charge in [-0.15, -0.1) is 5.10 Å². The van der Waals surface area contributed by atoms with Gasteiger partial charge in [-0.2, -0.15) is 4.98 Å². The molecule has 0 aliphatic heterocycles. The number of nitrogens with zero attached hydrogens (tertiary/aromatic N) is 5. The normalized spacial score (nSPS) is 11.0. The second-order valence-electron chi connectivity index (χ2n) is 5.45.